The highest BCUT2D eigenvalue weighted by atomic mass is 32.2. The van der Waals surface area contributed by atoms with E-state index in [1.807, 2.05) is 57.2 Å². The molecular weight excluding hydrogens is 436 g/mol. The van der Waals surface area contributed by atoms with Gasteiger partial charge < -0.3 is 10.1 Å². The number of benzene rings is 2. The van der Waals surface area contributed by atoms with Crippen LogP contribution < -0.4 is 10.1 Å². The highest BCUT2D eigenvalue weighted by Gasteiger charge is 2.37. The van der Waals surface area contributed by atoms with Crippen molar-refractivity contribution in [1.82, 2.24) is 9.62 Å². The van der Waals surface area contributed by atoms with Crippen LogP contribution in [0.4, 0.5) is 0 Å². The van der Waals surface area contributed by atoms with Crippen LogP contribution >= 0.6 is 0 Å². The van der Waals surface area contributed by atoms with Crippen LogP contribution in [0.25, 0.3) is 0 Å². The van der Waals surface area contributed by atoms with Crippen molar-refractivity contribution in [2.75, 3.05) is 20.2 Å². The Kier molecular flexibility index (Phi) is 6.82. The van der Waals surface area contributed by atoms with Gasteiger partial charge >= 0.3 is 0 Å². The Labute approximate surface area is 197 Å². The van der Waals surface area contributed by atoms with Crippen LogP contribution in [-0.4, -0.2) is 38.8 Å². The molecule has 6 nitrogen and oxygen atoms in total. The van der Waals surface area contributed by atoms with E-state index in [0.29, 0.717) is 36.7 Å². The molecule has 1 amide bonds. The van der Waals surface area contributed by atoms with Gasteiger partial charge in [0.2, 0.25) is 15.9 Å². The van der Waals surface area contributed by atoms with E-state index in [1.54, 1.807) is 11.4 Å². The summed E-state index contributed by atoms with van der Waals surface area (Å²) in [6, 6.07) is 11.7. The Balaban J connectivity index is 1.41. The van der Waals surface area contributed by atoms with Gasteiger partial charge in [-0.25, -0.2) is 8.42 Å². The molecule has 7 heteroatoms. The van der Waals surface area contributed by atoms with E-state index in [1.165, 1.54) is 0 Å². The number of amides is 1. The van der Waals surface area contributed by atoms with Gasteiger partial charge in [-0.05, 0) is 81.2 Å². The number of hydrogen-bond donors (Lipinski definition) is 1. The molecule has 2 aromatic carbocycles. The maximum absolute atomic E-state index is 13.3. The fourth-order valence-electron chi connectivity index (χ4n) is 5.05. The SMILES string of the molecule is COc1ccc([C@@H](NC(=O)C2CCN(S(=O)(=O)c3c(C)cc(C)cc3C)CC2)C2CC2)cc1. The standard InChI is InChI=1S/C26H34N2O4S/c1-17-15-18(2)25(19(3)16-17)33(30,31)28-13-11-22(12-14-28)26(29)27-24(20-5-6-20)21-7-9-23(32-4)10-8-21/h7-10,15-16,20,22,24H,5-6,11-14H2,1-4H3,(H,27,29)/t24-/m0/s1. The minimum atomic E-state index is -3.58. The average molecular weight is 471 g/mol. The number of carbonyl (C=O) groups excluding carboxylic acids is 1. The lowest BCUT2D eigenvalue weighted by Crippen LogP contribution is -2.44. The largest absolute Gasteiger partial charge is 0.497 e. The lowest BCUT2D eigenvalue weighted by Gasteiger charge is -2.32. The van der Waals surface area contributed by atoms with Gasteiger partial charge in [-0.3, -0.25) is 4.79 Å². The first kappa shape index (κ1) is 23.8. The summed E-state index contributed by atoms with van der Waals surface area (Å²) < 4.78 is 33.5. The molecule has 0 bridgehead atoms. The zero-order chi connectivity index (χ0) is 23.8. The van der Waals surface area contributed by atoms with E-state index in [-0.39, 0.29) is 17.9 Å². The van der Waals surface area contributed by atoms with Crippen LogP contribution in [-0.2, 0) is 14.8 Å². The molecule has 0 spiro atoms. The predicted molar refractivity (Wildman–Crippen MR) is 129 cm³/mol. The summed E-state index contributed by atoms with van der Waals surface area (Å²) in [4.78, 5) is 13.5. The summed E-state index contributed by atoms with van der Waals surface area (Å²) in [5, 5.41) is 3.26. The predicted octanol–water partition coefficient (Wildman–Crippen LogP) is 4.29. The molecule has 2 fully saturated rings. The lowest BCUT2D eigenvalue weighted by atomic mass is 9.95. The van der Waals surface area contributed by atoms with Crippen molar-refractivity contribution in [2.24, 2.45) is 11.8 Å². The Bertz CT molecular complexity index is 1090. The van der Waals surface area contributed by atoms with Crippen molar-refractivity contribution in [1.29, 1.82) is 0 Å². The third kappa shape index (κ3) is 5.09. The van der Waals surface area contributed by atoms with E-state index in [2.05, 4.69) is 5.32 Å². The van der Waals surface area contributed by atoms with Gasteiger partial charge in [0.1, 0.15) is 5.75 Å². The van der Waals surface area contributed by atoms with E-state index >= 15 is 0 Å². The number of nitrogens with one attached hydrogen (secondary N) is 1. The molecular formula is C26H34N2O4S. The number of sulfonamides is 1. The number of rotatable bonds is 7. The van der Waals surface area contributed by atoms with Crippen LogP contribution in [0.2, 0.25) is 0 Å². The topological polar surface area (TPSA) is 75.7 Å². The number of ether oxygens (including phenoxy) is 1. The number of methoxy groups -OCH3 is 1. The molecule has 2 aliphatic rings. The van der Waals surface area contributed by atoms with Gasteiger partial charge in [0, 0.05) is 19.0 Å². The normalized spacial score (nSPS) is 18.7. The Morgan fingerprint density at radius 2 is 1.58 bits per heavy atom. The number of piperidine rings is 1. The molecule has 0 radical (unpaired) electrons. The first-order chi connectivity index (χ1) is 15.7. The van der Waals surface area contributed by atoms with Gasteiger partial charge in [-0.15, -0.1) is 0 Å². The summed E-state index contributed by atoms with van der Waals surface area (Å²) in [6.45, 7) is 6.41. The van der Waals surface area contributed by atoms with Crippen molar-refractivity contribution >= 4 is 15.9 Å². The summed E-state index contributed by atoms with van der Waals surface area (Å²) in [5.41, 5.74) is 3.71. The maximum atomic E-state index is 13.3. The Morgan fingerprint density at radius 3 is 2.09 bits per heavy atom. The summed E-state index contributed by atoms with van der Waals surface area (Å²) >= 11 is 0. The lowest BCUT2D eigenvalue weighted by molar-refractivity contribution is -0.127. The second-order valence-electron chi connectivity index (χ2n) is 9.50. The quantitative estimate of drug-likeness (QED) is 0.655. The van der Waals surface area contributed by atoms with E-state index < -0.39 is 10.0 Å². The molecule has 1 saturated heterocycles. The molecule has 1 atom stereocenters. The molecule has 0 unspecified atom stereocenters. The third-order valence-corrected chi connectivity index (χ3v) is 9.10. The molecule has 33 heavy (non-hydrogen) atoms. The van der Waals surface area contributed by atoms with Gasteiger partial charge in [0.25, 0.3) is 0 Å². The molecule has 1 aliphatic carbocycles. The van der Waals surface area contributed by atoms with Crippen LogP contribution in [0.3, 0.4) is 0 Å². The number of aryl methyl sites for hydroxylation is 3. The summed E-state index contributed by atoms with van der Waals surface area (Å²) in [7, 11) is -1.93. The molecule has 4 rings (SSSR count). The zero-order valence-corrected chi connectivity index (χ0v) is 20.7. The first-order valence-electron chi connectivity index (χ1n) is 11.7. The smallest absolute Gasteiger partial charge is 0.243 e. The first-order valence-corrected chi connectivity index (χ1v) is 13.2. The van der Waals surface area contributed by atoms with E-state index in [4.69, 9.17) is 4.74 Å². The highest BCUT2D eigenvalue weighted by molar-refractivity contribution is 7.89. The molecule has 1 saturated carbocycles. The average Bonchev–Trinajstić information content (AvgIpc) is 3.62. The van der Waals surface area contributed by atoms with Crippen molar-refractivity contribution in [3.63, 3.8) is 0 Å². The van der Waals surface area contributed by atoms with Crippen LogP contribution in [0.5, 0.6) is 5.75 Å². The van der Waals surface area contributed by atoms with Crippen molar-refractivity contribution in [3.05, 3.63) is 58.7 Å². The Hall–Kier alpha value is -2.38. The molecule has 2 aromatic rings. The van der Waals surface area contributed by atoms with Gasteiger partial charge in [-0.1, -0.05) is 29.8 Å². The van der Waals surface area contributed by atoms with Crippen LogP contribution in [0, 0.1) is 32.6 Å². The fraction of sp³-hybridized carbons (Fsp3) is 0.500. The number of carbonyl (C=O) groups is 1. The zero-order valence-electron chi connectivity index (χ0n) is 19.9. The minimum Gasteiger partial charge on any atom is -0.497 e. The number of hydrogen-bond acceptors (Lipinski definition) is 4. The van der Waals surface area contributed by atoms with Gasteiger partial charge in [0.15, 0.2) is 0 Å². The second kappa shape index (κ2) is 9.47. The molecule has 1 N–H and O–H groups in total. The highest BCUT2D eigenvalue weighted by Crippen LogP contribution is 2.41. The third-order valence-electron chi connectivity index (χ3n) is 6.89. The van der Waals surface area contributed by atoms with E-state index in [9.17, 15) is 13.2 Å². The van der Waals surface area contributed by atoms with Crippen molar-refractivity contribution in [3.8, 4) is 5.75 Å². The van der Waals surface area contributed by atoms with Crippen molar-refractivity contribution < 1.29 is 17.9 Å². The maximum Gasteiger partial charge on any atom is 0.243 e. The van der Waals surface area contributed by atoms with Crippen LogP contribution in [0.15, 0.2) is 41.3 Å². The van der Waals surface area contributed by atoms with E-state index in [0.717, 1.165) is 40.8 Å². The van der Waals surface area contributed by atoms with Gasteiger partial charge in [0.05, 0.1) is 18.0 Å². The molecule has 0 aromatic heterocycles. The molecule has 178 valence electrons. The fourth-order valence-corrected chi connectivity index (χ4v) is 6.93. The summed E-state index contributed by atoms with van der Waals surface area (Å²) in [6.07, 6.45) is 3.30. The van der Waals surface area contributed by atoms with Crippen LogP contribution in [0.1, 0.15) is 54.0 Å². The minimum absolute atomic E-state index is 0.00280. The summed E-state index contributed by atoms with van der Waals surface area (Å²) in [5.74, 6) is 1.13. The second-order valence-corrected chi connectivity index (χ2v) is 11.4. The monoisotopic (exact) mass is 470 g/mol. The molecule has 1 heterocycles. The van der Waals surface area contributed by atoms with Gasteiger partial charge in [-0.2, -0.15) is 4.31 Å². The number of nitrogens with zero attached hydrogens (tertiary/aromatic N) is 1. The molecule has 1 aliphatic heterocycles. The Morgan fingerprint density at radius 1 is 1.00 bits per heavy atom. The van der Waals surface area contributed by atoms with Crippen molar-refractivity contribution in [2.45, 2.75) is 57.4 Å².